The average Bonchev–Trinajstić information content (AvgIpc) is 2.30. The Hall–Kier alpha value is -2.10. The largest absolute Gasteiger partial charge is 0.399 e. The Balaban J connectivity index is 1.85. The monoisotopic (exact) mass is 214 g/mol. The summed E-state index contributed by atoms with van der Waals surface area (Å²) in [5, 5.41) is 3.20. The van der Waals surface area contributed by atoms with Gasteiger partial charge in [0.1, 0.15) is 5.82 Å². The fraction of sp³-hybridized carbons (Fsp3) is 0.167. The summed E-state index contributed by atoms with van der Waals surface area (Å²) in [5.41, 5.74) is 7.44. The van der Waals surface area contributed by atoms with Crippen LogP contribution in [0.4, 0.5) is 11.5 Å². The molecule has 4 heteroatoms. The second-order valence-corrected chi connectivity index (χ2v) is 3.47. The van der Waals surface area contributed by atoms with Crippen molar-refractivity contribution in [3.8, 4) is 0 Å². The van der Waals surface area contributed by atoms with Gasteiger partial charge in [-0.05, 0) is 18.2 Å². The first-order valence-corrected chi connectivity index (χ1v) is 5.20. The van der Waals surface area contributed by atoms with Gasteiger partial charge in [-0.2, -0.15) is 0 Å². The molecule has 0 atom stereocenters. The summed E-state index contributed by atoms with van der Waals surface area (Å²) >= 11 is 0. The molecule has 0 aliphatic carbocycles. The second kappa shape index (κ2) is 5.11. The summed E-state index contributed by atoms with van der Waals surface area (Å²) in [6, 6.07) is 9.49. The van der Waals surface area contributed by atoms with Gasteiger partial charge in [-0.25, -0.2) is 4.98 Å². The molecule has 4 nitrogen and oxygen atoms in total. The molecule has 2 aromatic rings. The Bertz CT molecular complexity index is 442. The van der Waals surface area contributed by atoms with Crippen molar-refractivity contribution >= 4 is 11.5 Å². The van der Waals surface area contributed by atoms with Gasteiger partial charge in [0, 0.05) is 42.8 Å². The van der Waals surface area contributed by atoms with Crippen LogP contribution in [0.2, 0.25) is 0 Å². The maximum atomic E-state index is 5.65. The maximum absolute atomic E-state index is 5.65. The number of aromatic nitrogens is 2. The van der Waals surface area contributed by atoms with Crippen molar-refractivity contribution in [3.05, 3.63) is 48.4 Å². The van der Waals surface area contributed by atoms with Crippen LogP contribution in [0.5, 0.6) is 0 Å². The van der Waals surface area contributed by atoms with E-state index in [1.54, 1.807) is 18.5 Å². The normalized spacial score (nSPS) is 10.0. The van der Waals surface area contributed by atoms with Gasteiger partial charge in [-0.3, -0.25) is 4.98 Å². The maximum Gasteiger partial charge on any atom is 0.127 e. The van der Waals surface area contributed by atoms with Crippen LogP contribution in [0.3, 0.4) is 0 Å². The SMILES string of the molecule is Nc1ccnc(NCCc2ccccn2)c1. The molecule has 0 aliphatic rings. The van der Waals surface area contributed by atoms with E-state index in [2.05, 4.69) is 15.3 Å². The molecule has 0 spiro atoms. The van der Waals surface area contributed by atoms with E-state index in [0.29, 0.717) is 0 Å². The predicted octanol–water partition coefficient (Wildman–Crippen LogP) is 1.71. The third-order valence-electron chi connectivity index (χ3n) is 2.20. The highest BCUT2D eigenvalue weighted by molar-refractivity contribution is 5.48. The quantitative estimate of drug-likeness (QED) is 0.813. The third kappa shape index (κ3) is 2.95. The van der Waals surface area contributed by atoms with Crippen LogP contribution in [0.25, 0.3) is 0 Å². The molecular formula is C12H14N4. The van der Waals surface area contributed by atoms with E-state index in [-0.39, 0.29) is 0 Å². The fourth-order valence-corrected chi connectivity index (χ4v) is 1.41. The lowest BCUT2D eigenvalue weighted by Gasteiger charge is -2.05. The number of nitrogen functional groups attached to an aromatic ring is 1. The summed E-state index contributed by atoms with van der Waals surface area (Å²) in [6.07, 6.45) is 4.36. The zero-order valence-corrected chi connectivity index (χ0v) is 8.93. The topological polar surface area (TPSA) is 63.8 Å². The minimum atomic E-state index is 0.718. The van der Waals surface area contributed by atoms with Gasteiger partial charge < -0.3 is 11.1 Å². The van der Waals surface area contributed by atoms with Crippen LogP contribution in [0, 0.1) is 0 Å². The van der Waals surface area contributed by atoms with Gasteiger partial charge in [-0.15, -0.1) is 0 Å². The second-order valence-electron chi connectivity index (χ2n) is 3.47. The van der Waals surface area contributed by atoms with Crippen molar-refractivity contribution < 1.29 is 0 Å². The standard InChI is InChI=1S/C12H14N4/c13-10-4-7-15-12(9-10)16-8-5-11-3-1-2-6-14-11/h1-4,6-7,9H,5,8H2,(H3,13,15,16). The first kappa shape index (κ1) is 10.4. The van der Waals surface area contributed by atoms with Gasteiger partial charge in [0.15, 0.2) is 0 Å². The summed E-state index contributed by atoms with van der Waals surface area (Å²) in [6.45, 7) is 0.799. The smallest absolute Gasteiger partial charge is 0.127 e. The average molecular weight is 214 g/mol. The Labute approximate surface area is 94.5 Å². The molecule has 0 bridgehead atoms. The highest BCUT2D eigenvalue weighted by atomic mass is 15.0. The van der Waals surface area contributed by atoms with E-state index < -0.39 is 0 Å². The lowest BCUT2D eigenvalue weighted by Crippen LogP contribution is -2.07. The van der Waals surface area contributed by atoms with Gasteiger partial charge in [-0.1, -0.05) is 6.07 Å². The fourth-order valence-electron chi connectivity index (χ4n) is 1.41. The number of nitrogens with zero attached hydrogens (tertiary/aromatic N) is 2. The number of nitrogens with two attached hydrogens (primary N) is 1. The van der Waals surface area contributed by atoms with Crippen LogP contribution in [0.15, 0.2) is 42.7 Å². The summed E-state index contributed by atoms with van der Waals surface area (Å²) in [5.74, 6) is 0.802. The molecule has 0 aromatic carbocycles. The van der Waals surface area contributed by atoms with E-state index in [0.717, 1.165) is 30.2 Å². The molecule has 0 fully saturated rings. The van der Waals surface area contributed by atoms with Crippen molar-refractivity contribution in [1.29, 1.82) is 0 Å². The first-order valence-electron chi connectivity index (χ1n) is 5.20. The summed E-state index contributed by atoms with van der Waals surface area (Å²) < 4.78 is 0. The summed E-state index contributed by atoms with van der Waals surface area (Å²) in [4.78, 5) is 8.40. The van der Waals surface area contributed by atoms with Gasteiger partial charge >= 0.3 is 0 Å². The van der Waals surface area contributed by atoms with Crippen molar-refractivity contribution in [2.45, 2.75) is 6.42 Å². The molecule has 0 unspecified atom stereocenters. The molecular weight excluding hydrogens is 200 g/mol. The minimum Gasteiger partial charge on any atom is -0.399 e. The van der Waals surface area contributed by atoms with E-state index in [1.165, 1.54) is 0 Å². The molecule has 16 heavy (non-hydrogen) atoms. The molecule has 0 amide bonds. The number of nitrogens with one attached hydrogen (secondary N) is 1. The van der Waals surface area contributed by atoms with Crippen molar-refractivity contribution in [2.75, 3.05) is 17.6 Å². The van der Waals surface area contributed by atoms with Crippen molar-refractivity contribution in [3.63, 3.8) is 0 Å². The Morgan fingerprint density at radius 1 is 1.12 bits per heavy atom. The molecule has 0 saturated heterocycles. The lowest BCUT2D eigenvalue weighted by molar-refractivity contribution is 0.954. The zero-order chi connectivity index (χ0) is 11.2. The molecule has 2 rings (SSSR count). The Morgan fingerprint density at radius 2 is 2.06 bits per heavy atom. The molecule has 2 aromatic heterocycles. The molecule has 3 N–H and O–H groups in total. The molecule has 0 saturated carbocycles. The predicted molar refractivity (Wildman–Crippen MR) is 65.1 cm³/mol. The Kier molecular flexibility index (Phi) is 3.33. The third-order valence-corrected chi connectivity index (χ3v) is 2.20. The molecule has 2 heterocycles. The van der Waals surface area contributed by atoms with Crippen molar-refractivity contribution in [2.24, 2.45) is 0 Å². The van der Waals surface area contributed by atoms with Gasteiger partial charge in [0.2, 0.25) is 0 Å². The highest BCUT2D eigenvalue weighted by Gasteiger charge is 1.95. The number of pyridine rings is 2. The van der Waals surface area contributed by atoms with Gasteiger partial charge in [0.05, 0.1) is 0 Å². The minimum absolute atomic E-state index is 0.718. The first-order chi connectivity index (χ1) is 7.84. The molecule has 0 radical (unpaired) electrons. The number of hydrogen-bond acceptors (Lipinski definition) is 4. The van der Waals surface area contributed by atoms with Crippen LogP contribution in [-0.4, -0.2) is 16.5 Å². The van der Waals surface area contributed by atoms with Crippen LogP contribution in [-0.2, 0) is 6.42 Å². The molecule has 0 aliphatic heterocycles. The zero-order valence-electron chi connectivity index (χ0n) is 8.93. The van der Waals surface area contributed by atoms with Gasteiger partial charge in [0.25, 0.3) is 0 Å². The van der Waals surface area contributed by atoms with E-state index in [4.69, 9.17) is 5.73 Å². The number of anilines is 2. The van der Waals surface area contributed by atoms with Crippen LogP contribution < -0.4 is 11.1 Å². The highest BCUT2D eigenvalue weighted by Crippen LogP contribution is 2.07. The van der Waals surface area contributed by atoms with Crippen molar-refractivity contribution in [1.82, 2.24) is 9.97 Å². The van der Waals surface area contributed by atoms with Crippen LogP contribution >= 0.6 is 0 Å². The summed E-state index contributed by atoms with van der Waals surface area (Å²) in [7, 11) is 0. The van der Waals surface area contributed by atoms with E-state index >= 15 is 0 Å². The number of rotatable bonds is 4. The number of hydrogen-bond donors (Lipinski definition) is 2. The lowest BCUT2D eigenvalue weighted by atomic mass is 10.3. The molecule has 82 valence electrons. The Morgan fingerprint density at radius 3 is 2.81 bits per heavy atom. The van der Waals surface area contributed by atoms with Crippen LogP contribution in [0.1, 0.15) is 5.69 Å². The van der Waals surface area contributed by atoms with E-state index in [1.807, 2.05) is 24.3 Å². The van der Waals surface area contributed by atoms with E-state index in [9.17, 15) is 0 Å².